The second-order valence-corrected chi connectivity index (χ2v) is 4.84. The molecule has 1 N–H and O–H groups in total. The fraction of sp³-hybridized carbons (Fsp3) is 0.308. The normalized spacial score (nSPS) is 10.4. The number of aryl methyl sites for hydroxylation is 2. The van der Waals surface area contributed by atoms with Crippen LogP contribution in [0.25, 0.3) is 11.5 Å². The molecule has 0 aliphatic carbocycles. The van der Waals surface area contributed by atoms with E-state index in [0.717, 1.165) is 33.8 Å². The minimum absolute atomic E-state index is 0.645. The SMILES string of the molecule is CCNc1nc(-c2ccc(C)cn2)nc(C)c1Br. The van der Waals surface area contributed by atoms with Crippen LogP contribution in [-0.4, -0.2) is 21.5 Å². The number of nitrogens with one attached hydrogen (secondary N) is 1. The summed E-state index contributed by atoms with van der Waals surface area (Å²) in [6.07, 6.45) is 1.82. The molecule has 0 saturated carbocycles. The van der Waals surface area contributed by atoms with Crippen molar-refractivity contribution in [3.05, 3.63) is 34.1 Å². The van der Waals surface area contributed by atoms with E-state index in [1.807, 2.05) is 39.1 Å². The second-order valence-electron chi connectivity index (χ2n) is 4.05. The van der Waals surface area contributed by atoms with Crippen molar-refractivity contribution in [2.75, 3.05) is 11.9 Å². The third kappa shape index (κ3) is 2.67. The van der Waals surface area contributed by atoms with Crippen LogP contribution in [0, 0.1) is 13.8 Å². The van der Waals surface area contributed by atoms with Crippen molar-refractivity contribution in [1.82, 2.24) is 15.0 Å². The first-order valence-corrected chi connectivity index (χ1v) is 6.62. The third-order valence-electron chi connectivity index (χ3n) is 2.50. The van der Waals surface area contributed by atoms with Crippen molar-refractivity contribution in [3.8, 4) is 11.5 Å². The maximum absolute atomic E-state index is 4.49. The molecule has 2 rings (SSSR count). The molecule has 0 bridgehead atoms. The number of pyridine rings is 1. The lowest BCUT2D eigenvalue weighted by molar-refractivity contribution is 1.05. The topological polar surface area (TPSA) is 50.7 Å². The quantitative estimate of drug-likeness (QED) is 0.945. The van der Waals surface area contributed by atoms with Gasteiger partial charge >= 0.3 is 0 Å². The van der Waals surface area contributed by atoms with E-state index >= 15 is 0 Å². The molecule has 0 amide bonds. The highest BCUT2D eigenvalue weighted by Crippen LogP contribution is 2.25. The molecule has 0 aromatic carbocycles. The molecule has 0 unspecified atom stereocenters. The number of hydrogen-bond acceptors (Lipinski definition) is 4. The maximum Gasteiger partial charge on any atom is 0.180 e. The zero-order valence-corrected chi connectivity index (χ0v) is 12.2. The Bertz CT molecular complexity index is 552. The Balaban J connectivity index is 2.48. The monoisotopic (exact) mass is 306 g/mol. The summed E-state index contributed by atoms with van der Waals surface area (Å²) in [6, 6.07) is 3.95. The van der Waals surface area contributed by atoms with Crippen molar-refractivity contribution in [2.24, 2.45) is 0 Å². The fourth-order valence-corrected chi connectivity index (χ4v) is 1.88. The van der Waals surface area contributed by atoms with Crippen LogP contribution in [0.5, 0.6) is 0 Å². The number of rotatable bonds is 3. The molecule has 4 nitrogen and oxygen atoms in total. The number of halogens is 1. The summed E-state index contributed by atoms with van der Waals surface area (Å²) < 4.78 is 0.903. The first-order valence-electron chi connectivity index (χ1n) is 5.83. The van der Waals surface area contributed by atoms with Gasteiger partial charge in [-0.15, -0.1) is 0 Å². The minimum atomic E-state index is 0.645. The average Bonchev–Trinajstić information content (AvgIpc) is 2.36. The minimum Gasteiger partial charge on any atom is -0.369 e. The summed E-state index contributed by atoms with van der Waals surface area (Å²) in [5, 5.41) is 3.21. The molecule has 2 aromatic heterocycles. The van der Waals surface area contributed by atoms with Crippen LogP contribution in [0.3, 0.4) is 0 Å². The lowest BCUT2D eigenvalue weighted by Gasteiger charge is -2.09. The lowest BCUT2D eigenvalue weighted by atomic mass is 10.2. The van der Waals surface area contributed by atoms with Gasteiger partial charge in [-0.3, -0.25) is 4.98 Å². The highest BCUT2D eigenvalue weighted by Gasteiger charge is 2.10. The van der Waals surface area contributed by atoms with Gasteiger partial charge in [-0.25, -0.2) is 9.97 Å². The van der Waals surface area contributed by atoms with E-state index in [9.17, 15) is 0 Å². The molecule has 0 spiro atoms. The molecule has 5 heteroatoms. The molecule has 0 aliphatic heterocycles. The van der Waals surface area contributed by atoms with Gasteiger partial charge in [0.25, 0.3) is 0 Å². The zero-order valence-electron chi connectivity index (χ0n) is 10.7. The molecular weight excluding hydrogens is 292 g/mol. The van der Waals surface area contributed by atoms with Gasteiger partial charge in [-0.2, -0.15) is 0 Å². The maximum atomic E-state index is 4.49. The van der Waals surface area contributed by atoms with Gasteiger partial charge in [0, 0.05) is 12.7 Å². The first-order chi connectivity index (χ1) is 8.61. The van der Waals surface area contributed by atoms with Crippen molar-refractivity contribution in [1.29, 1.82) is 0 Å². The largest absolute Gasteiger partial charge is 0.369 e. The summed E-state index contributed by atoms with van der Waals surface area (Å²) in [5.41, 5.74) is 2.81. The Kier molecular flexibility index (Phi) is 3.91. The summed E-state index contributed by atoms with van der Waals surface area (Å²) in [6.45, 7) is 6.81. The fourth-order valence-electron chi connectivity index (χ4n) is 1.56. The molecule has 0 atom stereocenters. The molecule has 0 radical (unpaired) electrons. The summed E-state index contributed by atoms with van der Waals surface area (Å²) in [4.78, 5) is 13.3. The number of nitrogens with zero attached hydrogens (tertiary/aromatic N) is 3. The highest BCUT2D eigenvalue weighted by molar-refractivity contribution is 9.10. The van der Waals surface area contributed by atoms with E-state index in [1.165, 1.54) is 0 Å². The van der Waals surface area contributed by atoms with Crippen LogP contribution in [-0.2, 0) is 0 Å². The summed E-state index contributed by atoms with van der Waals surface area (Å²) >= 11 is 3.49. The summed E-state index contributed by atoms with van der Waals surface area (Å²) in [7, 11) is 0. The molecule has 0 aliphatic rings. The Labute approximate surface area is 115 Å². The molecule has 18 heavy (non-hydrogen) atoms. The van der Waals surface area contributed by atoms with Crippen LogP contribution in [0.1, 0.15) is 18.2 Å². The smallest absolute Gasteiger partial charge is 0.180 e. The van der Waals surface area contributed by atoms with Crippen LogP contribution < -0.4 is 5.32 Å². The van der Waals surface area contributed by atoms with Gasteiger partial charge in [0.05, 0.1) is 10.2 Å². The number of hydrogen-bond donors (Lipinski definition) is 1. The standard InChI is InChI=1S/C13H15BrN4/c1-4-15-13-11(14)9(3)17-12(18-13)10-6-5-8(2)7-16-10/h5-7H,4H2,1-3H3,(H,15,17,18). The molecule has 2 aromatic rings. The van der Waals surface area contributed by atoms with Gasteiger partial charge in [0.15, 0.2) is 5.82 Å². The van der Waals surface area contributed by atoms with Crippen LogP contribution in [0.2, 0.25) is 0 Å². The van der Waals surface area contributed by atoms with Crippen LogP contribution in [0.4, 0.5) is 5.82 Å². The van der Waals surface area contributed by atoms with E-state index in [0.29, 0.717) is 5.82 Å². The van der Waals surface area contributed by atoms with E-state index in [-0.39, 0.29) is 0 Å². The molecule has 94 valence electrons. The predicted octanol–water partition coefficient (Wildman–Crippen LogP) is 3.35. The number of anilines is 1. The van der Waals surface area contributed by atoms with Gasteiger partial charge < -0.3 is 5.32 Å². The van der Waals surface area contributed by atoms with Gasteiger partial charge in [-0.1, -0.05) is 6.07 Å². The van der Waals surface area contributed by atoms with Crippen molar-refractivity contribution < 1.29 is 0 Å². The van der Waals surface area contributed by atoms with Crippen molar-refractivity contribution in [2.45, 2.75) is 20.8 Å². The molecule has 2 heterocycles. The van der Waals surface area contributed by atoms with Gasteiger partial charge in [0.1, 0.15) is 11.5 Å². The summed E-state index contributed by atoms with van der Waals surface area (Å²) in [5.74, 6) is 1.45. The molecule has 0 fully saturated rings. The van der Waals surface area contributed by atoms with Crippen LogP contribution >= 0.6 is 15.9 Å². The van der Waals surface area contributed by atoms with Crippen molar-refractivity contribution >= 4 is 21.7 Å². The lowest BCUT2D eigenvalue weighted by Crippen LogP contribution is -2.05. The zero-order chi connectivity index (χ0) is 13.1. The number of aromatic nitrogens is 3. The first kappa shape index (κ1) is 13.0. The average molecular weight is 307 g/mol. The Morgan fingerprint density at radius 1 is 1.22 bits per heavy atom. The van der Waals surface area contributed by atoms with E-state index in [4.69, 9.17) is 0 Å². The Morgan fingerprint density at radius 3 is 2.61 bits per heavy atom. The van der Waals surface area contributed by atoms with Crippen molar-refractivity contribution in [3.63, 3.8) is 0 Å². The second kappa shape index (κ2) is 5.44. The van der Waals surface area contributed by atoms with Gasteiger partial charge in [-0.05, 0) is 48.3 Å². The predicted molar refractivity (Wildman–Crippen MR) is 76.6 cm³/mol. The van der Waals surface area contributed by atoms with Gasteiger partial charge in [0.2, 0.25) is 0 Å². The Hall–Kier alpha value is -1.49. The van der Waals surface area contributed by atoms with E-state index < -0.39 is 0 Å². The van der Waals surface area contributed by atoms with E-state index in [2.05, 4.69) is 36.2 Å². The Morgan fingerprint density at radius 2 is 2.00 bits per heavy atom. The van der Waals surface area contributed by atoms with E-state index in [1.54, 1.807) is 0 Å². The molecule has 0 saturated heterocycles. The highest BCUT2D eigenvalue weighted by atomic mass is 79.9. The van der Waals surface area contributed by atoms with Crippen LogP contribution in [0.15, 0.2) is 22.8 Å². The third-order valence-corrected chi connectivity index (χ3v) is 3.45. The molecular formula is C13H15BrN4.